The molecule has 4 aromatic rings. The highest BCUT2D eigenvalue weighted by Crippen LogP contribution is 2.31. The number of alkyl halides is 3. The molecule has 0 unspecified atom stereocenters. The summed E-state index contributed by atoms with van der Waals surface area (Å²) in [6, 6.07) is 11.7. The van der Waals surface area contributed by atoms with E-state index in [4.69, 9.17) is 11.6 Å². The van der Waals surface area contributed by atoms with Crippen LogP contribution in [0.2, 0.25) is 5.15 Å². The van der Waals surface area contributed by atoms with Crippen LogP contribution in [0.4, 0.5) is 13.2 Å². The average molecular weight is 534 g/mol. The SMILES string of the molecule is Cc1nn(-c2cccc(C(F)(F)F)c2)c(Cl)c1/C=N/NC(=O)c1ccc(CSc2nncn2C)cc1. The minimum absolute atomic E-state index is 0.0644. The molecular formula is C23H19ClF3N7OS. The van der Waals surface area contributed by atoms with Gasteiger partial charge in [0.25, 0.3) is 5.91 Å². The molecule has 0 spiro atoms. The fraction of sp³-hybridized carbons (Fsp3) is 0.174. The second-order valence-corrected chi connectivity index (χ2v) is 8.96. The molecule has 36 heavy (non-hydrogen) atoms. The maximum atomic E-state index is 13.1. The van der Waals surface area contributed by atoms with Crippen LogP contribution >= 0.6 is 23.4 Å². The number of carbonyl (C=O) groups excluding carboxylic acids is 1. The molecule has 2 aromatic heterocycles. The van der Waals surface area contributed by atoms with E-state index in [9.17, 15) is 18.0 Å². The van der Waals surface area contributed by atoms with E-state index >= 15 is 0 Å². The summed E-state index contributed by atoms with van der Waals surface area (Å²) >= 11 is 7.89. The van der Waals surface area contributed by atoms with Crippen molar-refractivity contribution in [3.63, 3.8) is 0 Å². The standard InChI is InChI=1S/C23H19ClF3N7OS/c1-14-19(20(24)34(32-14)18-5-3-4-17(10-18)23(25,26)27)11-28-30-21(35)16-8-6-15(7-9-16)12-36-22-31-29-13-33(22)2/h3-11,13H,12H2,1-2H3,(H,30,35)/b28-11+. The van der Waals surface area contributed by atoms with Crippen molar-refractivity contribution in [1.82, 2.24) is 30.0 Å². The van der Waals surface area contributed by atoms with E-state index in [2.05, 4.69) is 25.8 Å². The van der Waals surface area contributed by atoms with Gasteiger partial charge in [-0.1, -0.05) is 41.6 Å². The van der Waals surface area contributed by atoms with Gasteiger partial charge in [-0.2, -0.15) is 23.4 Å². The lowest BCUT2D eigenvalue weighted by Crippen LogP contribution is -2.17. The molecular weight excluding hydrogens is 515 g/mol. The third-order valence-electron chi connectivity index (χ3n) is 5.08. The third kappa shape index (κ3) is 5.77. The van der Waals surface area contributed by atoms with E-state index in [1.807, 2.05) is 23.7 Å². The molecule has 1 amide bonds. The summed E-state index contributed by atoms with van der Waals surface area (Å²) in [6.45, 7) is 1.64. The number of benzene rings is 2. The van der Waals surface area contributed by atoms with Gasteiger partial charge in [0, 0.05) is 18.4 Å². The number of nitrogens with zero attached hydrogens (tertiary/aromatic N) is 6. The van der Waals surface area contributed by atoms with Crippen molar-refractivity contribution in [2.75, 3.05) is 0 Å². The summed E-state index contributed by atoms with van der Waals surface area (Å²) < 4.78 is 42.2. The molecule has 186 valence electrons. The highest BCUT2D eigenvalue weighted by atomic mass is 35.5. The number of halogens is 4. The van der Waals surface area contributed by atoms with Gasteiger partial charge in [-0.05, 0) is 42.8 Å². The Hall–Kier alpha value is -3.64. The Morgan fingerprint density at radius 1 is 1.22 bits per heavy atom. The highest BCUT2D eigenvalue weighted by molar-refractivity contribution is 7.98. The van der Waals surface area contributed by atoms with E-state index in [1.165, 1.54) is 34.8 Å². The van der Waals surface area contributed by atoms with Gasteiger partial charge < -0.3 is 4.57 Å². The zero-order chi connectivity index (χ0) is 25.9. The van der Waals surface area contributed by atoms with E-state index in [0.717, 1.165) is 22.9 Å². The number of nitrogens with one attached hydrogen (secondary N) is 1. The van der Waals surface area contributed by atoms with E-state index in [1.54, 1.807) is 25.4 Å². The molecule has 0 saturated carbocycles. The van der Waals surface area contributed by atoms with Crippen LogP contribution in [0, 0.1) is 6.92 Å². The Balaban J connectivity index is 1.41. The number of hydrogen-bond donors (Lipinski definition) is 1. The number of hydrogen-bond acceptors (Lipinski definition) is 6. The van der Waals surface area contributed by atoms with Gasteiger partial charge >= 0.3 is 6.18 Å². The van der Waals surface area contributed by atoms with Gasteiger partial charge in [-0.3, -0.25) is 4.79 Å². The zero-order valence-corrected chi connectivity index (χ0v) is 20.6. The monoisotopic (exact) mass is 533 g/mol. The van der Waals surface area contributed by atoms with Crippen LogP contribution < -0.4 is 5.43 Å². The molecule has 2 aromatic carbocycles. The van der Waals surface area contributed by atoms with Crippen LogP contribution in [-0.2, 0) is 19.0 Å². The van der Waals surface area contributed by atoms with Crippen molar-refractivity contribution in [1.29, 1.82) is 0 Å². The Kier molecular flexibility index (Phi) is 7.45. The molecule has 0 radical (unpaired) electrons. The molecule has 0 atom stereocenters. The number of amides is 1. The average Bonchev–Trinajstić information content (AvgIpc) is 3.39. The lowest BCUT2D eigenvalue weighted by Gasteiger charge is -2.09. The third-order valence-corrected chi connectivity index (χ3v) is 6.55. The molecule has 8 nitrogen and oxygen atoms in total. The number of thioether (sulfide) groups is 1. The van der Waals surface area contributed by atoms with Gasteiger partial charge in [0.05, 0.1) is 28.7 Å². The topological polar surface area (TPSA) is 90.0 Å². The highest BCUT2D eigenvalue weighted by Gasteiger charge is 2.30. The van der Waals surface area contributed by atoms with Crippen molar-refractivity contribution in [3.05, 3.63) is 88.0 Å². The number of rotatable bonds is 7. The van der Waals surface area contributed by atoms with Crippen molar-refractivity contribution in [2.45, 2.75) is 24.0 Å². The van der Waals surface area contributed by atoms with Crippen LogP contribution in [0.1, 0.15) is 32.7 Å². The molecule has 0 aliphatic rings. The molecule has 0 bridgehead atoms. The smallest absolute Gasteiger partial charge is 0.312 e. The normalized spacial score (nSPS) is 11.8. The lowest BCUT2D eigenvalue weighted by molar-refractivity contribution is -0.137. The Morgan fingerprint density at radius 3 is 2.64 bits per heavy atom. The van der Waals surface area contributed by atoms with E-state index < -0.39 is 17.6 Å². The van der Waals surface area contributed by atoms with Gasteiger partial charge in [-0.25, -0.2) is 10.1 Å². The minimum atomic E-state index is -4.49. The second kappa shape index (κ2) is 10.5. The van der Waals surface area contributed by atoms with Gasteiger partial charge in [-0.15, -0.1) is 10.2 Å². The maximum absolute atomic E-state index is 13.1. The van der Waals surface area contributed by atoms with Crippen LogP contribution in [0.5, 0.6) is 0 Å². The molecule has 13 heteroatoms. The molecule has 4 rings (SSSR count). The van der Waals surface area contributed by atoms with Gasteiger partial charge in [0.1, 0.15) is 11.5 Å². The van der Waals surface area contributed by atoms with Crippen LogP contribution in [0.3, 0.4) is 0 Å². The molecule has 1 N–H and O–H groups in total. The number of carbonyl (C=O) groups is 1. The first-order chi connectivity index (χ1) is 17.1. The van der Waals surface area contributed by atoms with Crippen LogP contribution in [0.25, 0.3) is 5.69 Å². The summed E-state index contributed by atoms with van der Waals surface area (Å²) in [5.74, 6) is 0.234. The van der Waals surface area contributed by atoms with E-state index in [0.29, 0.717) is 22.6 Å². The summed E-state index contributed by atoms with van der Waals surface area (Å²) in [4.78, 5) is 12.5. The fourth-order valence-corrected chi connectivity index (χ4v) is 4.33. The Morgan fingerprint density at radius 2 is 1.97 bits per heavy atom. The summed E-state index contributed by atoms with van der Waals surface area (Å²) in [6.07, 6.45) is -1.56. The predicted octanol–water partition coefficient (Wildman–Crippen LogP) is 5.04. The quantitative estimate of drug-likeness (QED) is 0.204. The van der Waals surface area contributed by atoms with Crippen LogP contribution in [0.15, 0.2) is 65.1 Å². The van der Waals surface area contributed by atoms with Crippen molar-refractivity contribution in [2.24, 2.45) is 12.1 Å². The van der Waals surface area contributed by atoms with Crippen molar-refractivity contribution < 1.29 is 18.0 Å². The first kappa shape index (κ1) is 25.5. The lowest BCUT2D eigenvalue weighted by atomic mass is 10.1. The summed E-state index contributed by atoms with van der Waals surface area (Å²) in [5.41, 5.74) is 3.97. The Labute approximate surface area is 213 Å². The fourth-order valence-electron chi connectivity index (χ4n) is 3.17. The molecule has 0 aliphatic heterocycles. The summed E-state index contributed by atoms with van der Waals surface area (Å²) in [7, 11) is 1.86. The molecule has 0 fully saturated rings. The second-order valence-electron chi connectivity index (χ2n) is 7.66. The Bertz CT molecular complexity index is 1410. The predicted molar refractivity (Wildman–Crippen MR) is 130 cm³/mol. The minimum Gasteiger partial charge on any atom is -0.312 e. The van der Waals surface area contributed by atoms with Crippen LogP contribution in [-0.4, -0.2) is 36.7 Å². The van der Waals surface area contributed by atoms with Crippen molar-refractivity contribution >= 4 is 35.5 Å². The number of aryl methyl sites for hydroxylation is 2. The zero-order valence-electron chi connectivity index (χ0n) is 19.0. The number of hydrazone groups is 1. The number of aromatic nitrogens is 5. The largest absolute Gasteiger partial charge is 0.416 e. The summed E-state index contributed by atoms with van der Waals surface area (Å²) in [5, 5.41) is 16.9. The first-order valence-corrected chi connectivity index (χ1v) is 11.8. The maximum Gasteiger partial charge on any atom is 0.416 e. The van der Waals surface area contributed by atoms with Crippen molar-refractivity contribution in [3.8, 4) is 5.69 Å². The van der Waals surface area contributed by atoms with Gasteiger partial charge in [0.15, 0.2) is 5.16 Å². The molecule has 2 heterocycles. The van der Waals surface area contributed by atoms with E-state index in [-0.39, 0.29) is 10.8 Å². The molecule has 0 saturated heterocycles. The first-order valence-electron chi connectivity index (χ1n) is 10.5. The van der Waals surface area contributed by atoms with Gasteiger partial charge in [0.2, 0.25) is 0 Å². The molecule has 0 aliphatic carbocycles.